The number of likely N-dealkylation sites (tertiary alicyclic amines) is 1. The van der Waals surface area contributed by atoms with Gasteiger partial charge in [0.1, 0.15) is 0 Å². The molecule has 1 fully saturated rings. The SMILES string of the molecule is CCn1cc(CN2CCCC(C(C)N)C2)c2ccccc21. The molecule has 1 aliphatic rings. The van der Waals surface area contributed by atoms with Gasteiger partial charge in [-0.05, 0) is 50.8 Å². The van der Waals surface area contributed by atoms with Crippen molar-refractivity contribution in [3.63, 3.8) is 0 Å². The average Bonchev–Trinajstić information content (AvgIpc) is 2.86. The van der Waals surface area contributed by atoms with Crippen molar-refractivity contribution in [1.29, 1.82) is 0 Å². The second kappa shape index (κ2) is 6.20. The summed E-state index contributed by atoms with van der Waals surface area (Å²) in [6.45, 7) is 8.79. The third kappa shape index (κ3) is 2.99. The molecule has 114 valence electrons. The van der Waals surface area contributed by atoms with Gasteiger partial charge < -0.3 is 10.3 Å². The van der Waals surface area contributed by atoms with E-state index in [4.69, 9.17) is 5.73 Å². The van der Waals surface area contributed by atoms with Crippen molar-refractivity contribution >= 4 is 10.9 Å². The first-order chi connectivity index (χ1) is 10.2. The number of fused-ring (bicyclic) bond motifs is 1. The lowest BCUT2D eigenvalue weighted by Crippen LogP contribution is -2.41. The quantitative estimate of drug-likeness (QED) is 0.936. The summed E-state index contributed by atoms with van der Waals surface area (Å²) in [5, 5.41) is 1.40. The molecule has 3 heteroatoms. The van der Waals surface area contributed by atoms with Crippen LogP contribution in [0.25, 0.3) is 10.9 Å². The van der Waals surface area contributed by atoms with Gasteiger partial charge in [-0.15, -0.1) is 0 Å². The Morgan fingerprint density at radius 3 is 2.90 bits per heavy atom. The van der Waals surface area contributed by atoms with Crippen molar-refractivity contribution in [3.05, 3.63) is 36.0 Å². The average molecular weight is 285 g/mol. The smallest absolute Gasteiger partial charge is 0.0483 e. The standard InChI is InChI=1S/C18H27N3/c1-3-21-13-16(17-8-4-5-9-18(17)21)12-20-10-6-7-15(11-20)14(2)19/h4-5,8-9,13-15H,3,6-7,10-12,19H2,1-2H3. The number of nitrogens with two attached hydrogens (primary N) is 1. The van der Waals surface area contributed by atoms with Gasteiger partial charge in [0, 0.05) is 42.8 Å². The lowest BCUT2D eigenvalue weighted by atomic mass is 9.92. The van der Waals surface area contributed by atoms with Crippen LogP contribution in [-0.4, -0.2) is 28.6 Å². The van der Waals surface area contributed by atoms with Gasteiger partial charge in [0.15, 0.2) is 0 Å². The number of benzene rings is 1. The van der Waals surface area contributed by atoms with Crippen LogP contribution in [0.4, 0.5) is 0 Å². The topological polar surface area (TPSA) is 34.2 Å². The zero-order chi connectivity index (χ0) is 14.8. The fraction of sp³-hybridized carbons (Fsp3) is 0.556. The van der Waals surface area contributed by atoms with Crippen LogP contribution >= 0.6 is 0 Å². The third-order valence-electron chi connectivity index (χ3n) is 4.89. The van der Waals surface area contributed by atoms with Crippen LogP contribution in [-0.2, 0) is 13.1 Å². The summed E-state index contributed by atoms with van der Waals surface area (Å²) in [5.74, 6) is 0.651. The first kappa shape index (κ1) is 14.6. The van der Waals surface area contributed by atoms with Gasteiger partial charge in [-0.2, -0.15) is 0 Å². The Balaban J connectivity index is 1.81. The Hall–Kier alpha value is -1.32. The second-order valence-electron chi connectivity index (χ2n) is 6.45. The molecule has 2 N–H and O–H groups in total. The number of hydrogen-bond acceptors (Lipinski definition) is 2. The first-order valence-corrected chi connectivity index (χ1v) is 8.23. The molecule has 1 aromatic heterocycles. The van der Waals surface area contributed by atoms with Crippen LogP contribution in [0.1, 0.15) is 32.3 Å². The van der Waals surface area contributed by atoms with Gasteiger partial charge in [-0.25, -0.2) is 0 Å². The van der Waals surface area contributed by atoms with Gasteiger partial charge in [0.25, 0.3) is 0 Å². The van der Waals surface area contributed by atoms with E-state index in [0.29, 0.717) is 12.0 Å². The molecule has 1 saturated heterocycles. The van der Waals surface area contributed by atoms with E-state index < -0.39 is 0 Å². The lowest BCUT2D eigenvalue weighted by molar-refractivity contribution is 0.155. The van der Waals surface area contributed by atoms with Crippen molar-refractivity contribution in [3.8, 4) is 0 Å². The minimum Gasteiger partial charge on any atom is -0.347 e. The maximum Gasteiger partial charge on any atom is 0.0483 e. The highest BCUT2D eigenvalue weighted by molar-refractivity contribution is 5.83. The van der Waals surface area contributed by atoms with Gasteiger partial charge >= 0.3 is 0 Å². The number of para-hydroxylation sites is 1. The zero-order valence-corrected chi connectivity index (χ0v) is 13.3. The van der Waals surface area contributed by atoms with Crippen molar-refractivity contribution in [2.45, 2.75) is 45.8 Å². The predicted molar refractivity (Wildman–Crippen MR) is 89.3 cm³/mol. The number of hydrogen-bond donors (Lipinski definition) is 1. The number of piperidine rings is 1. The molecule has 3 nitrogen and oxygen atoms in total. The monoisotopic (exact) mass is 285 g/mol. The van der Waals surface area contributed by atoms with Crippen molar-refractivity contribution < 1.29 is 0 Å². The van der Waals surface area contributed by atoms with Crippen molar-refractivity contribution in [2.75, 3.05) is 13.1 Å². The maximum absolute atomic E-state index is 6.11. The summed E-state index contributed by atoms with van der Waals surface area (Å²) in [7, 11) is 0. The maximum atomic E-state index is 6.11. The van der Waals surface area contributed by atoms with E-state index in [-0.39, 0.29) is 0 Å². The van der Waals surface area contributed by atoms with Crippen molar-refractivity contribution in [2.24, 2.45) is 11.7 Å². The van der Waals surface area contributed by atoms with Crippen LogP contribution in [0.15, 0.2) is 30.5 Å². The minimum absolute atomic E-state index is 0.310. The van der Waals surface area contributed by atoms with Crippen molar-refractivity contribution in [1.82, 2.24) is 9.47 Å². The highest BCUT2D eigenvalue weighted by Gasteiger charge is 2.23. The fourth-order valence-corrected chi connectivity index (χ4v) is 3.62. The Kier molecular flexibility index (Phi) is 4.32. The summed E-state index contributed by atoms with van der Waals surface area (Å²) in [4.78, 5) is 2.58. The molecule has 2 unspecified atom stereocenters. The van der Waals surface area contributed by atoms with Crippen LogP contribution in [0.3, 0.4) is 0 Å². The molecule has 1 aliphatic heterocycles. The van der Waals surface area contributed by atoms with E-state index in [1.807, 2.05) is 0 Å². The molecule has 2 aromatic rings. The number of aromatic nitrogens is 1. The van der Waals surface area contributed by atoms with E-state index in [0.717, 1.165) is 19.6 Å². The van der Waals surface area contributed by atoms with Crippen LogP contribution in [0.5, 0.6) is 0 Å². The Bertz CT molecular complexity index is 600. The molecule has 3 rings (SSSR count). The molecule has 2 atom stereocenters. The van der Waals surface area contributed by atoms with E-state index in [9.17, 15) is 0 Å². The summed E-state index contributed by atoms with van der Waals surface area (Å²) in [5.41, 5.74) is 8.92. The largest absolute Gasteiger partial charge is 0.347 e. The molecule has 0 amide bonds. The van der Waals surface area contributed by atoms with E-state index in [1.165, 1.54) is 35.9 Å². The van der Waals surface area contributed by atoms with Crippen LogP contribution < -0.4 is 5.73 Å². The molecule has 0 aliphatic carbocycles. The number of rotatable bonds is 4. The Morgan fingerprint density at radius 1 is 1.33 bits per heavy atom. The van der Waals surface area contributed by atoms with E-state index in [1.54, 1.807) is 0 Å². The van der Waals surface area contributed by atoms with Gasteiger partial charge in [-0.3, -0.25) is 4.90 Å². The van der Waals surface area contributed by atoms with Gasteiger partial charge in [0.2, 0.25) is 0 Å². The number of aryl methyl sites for hydroxylation is 1. The van der Waals surface area contributed by atoms with Gasteiger partial charge in [0.05, 0.1) is 0 Å². The molecule has 0 spiro atoms. The van der Waals surface area contributed by atoms with Crippen LogP contribution in [0, 0.1) is 5.92 Å². The lowest BCUT2D eigenvalue weighted by Gasteiger charge is -2.34. The summed E-state index contributed by atoms with van der Waals surface area (Å²) >= 11 is 0. The highest BCUT2D eigenvalue weighted by Crippen LogP contribution is 2.25. The Morgan fingerprint density at radius 2 is 2.14 bits per heavy atom. The highest BCUT2D eigenvalue weighted by atomic mass is 15.1. The fourth-order valence-electron chi connectivity index (χ4n) is 3.62. The minimum atomic E-state index is 0.310. The summed E-state index contributed by atoms with van der Waals surface area (Å²) < 4.78 is 2.36. The Labute approximate surface area is 127 Å². The number of nitrogens with zero attached hydrogens (tertiary/aromatic N) is 2. The van der Waals surface area contributed by atoms with E-state index in [2.05, 4.69) is 53.8 Å². The normalized spacial score (nSPS) is 21.8. The van der Waals surface area contributed by atoms with Crippen LogP contribution in [0.2, 0.25) is 0 Å². The molecule has 0 bridgehead atoms. The molecular weight excluding hydrogens is 258 g/mol. The molecule has 0 radical (unpaired) electrons. The molecule has 21 heavy (non-hydrogen) atoms. The summed E-state index contributed by atoms with van der Waals surface area (Å²) in [6.07, 6.45) is 4.89. The molecule has 0 saturated carbocycles. The zero-order valence-electron chi connectivity index (χ0n) is 13.3. The second-order valence-corrected chi connectivity index (χ2v) is 6.45. The molecular formula is C18H27N3. The molecule has 1 aromatic carbocycles. The van der Waals surface area contributed by atoms with Gasteiger partial charge in [-0.1, -0.05) is 18.2 Å². The molecule has 2 heterocycles. The first-order valence-electron chi connectivity index (χ1n) is 8.23. The van der Waals surface area contributed by atoms with E-state index >= 15 is 0 Å². The summed E-state index contributed by atoms with van der Waals surface area (Å²) in [6, 6.07) is 9.07. The predicted octanol–water partition coefficient (Wildman–Crippen LogP) is 3.22. The third-order valence-corrected chi connectivity index (χ3v) is 4.89.